The second-order valence-corrected chi connectivity index (χ2v) is 7.85. The van der Waals surface area contributed by atoms with Crippen molar-refractivity contribution in [1.29, 1.82) is 0 Å². The fourth-order valence-electron chi connectivity index (χ4n) is 1.81. The number of esters is 1. The largest absolute Gasteiger partial charge is 0.457 e. The highest BCUT2D eigenvalue weighted by atomic mass is 32.2. The monoisotopic (exact) mass is 357 g/mol. The number of rotatable bonds is 7. The van der Waals surface area contributed by atoms with Gasteiger partial charge in [0, 0.05) is 17.0 Å². The van der Waals surface area contributed by atoms with Crippen LogP contribution in [0, 0.1) is 5.82 Å². The molecule has 124 valence electrons. The summed E-state index contributed by atoms with van der Waals surface area (Å²) >= 11 is 1.23. The molecule has 0 aliphatic carbocycles. The van der Waals surface area contributed by atoms with Gasteiger partial charge >= 0.3 is 5.97 Å². The summed E-state index contributed by atoms with van der Waals surface area (Å²) < 4.78 is 42.8. The molecule has 0 atom stereocenters. The van der Waals surface area contributed by atoms with Crippen LogP contribution in [0.1, 0.15) is 20.1 Å². The Hall–Kier alpha value is -1.77. The molecule has 1 aromatic carbocycles. The number of ether oxygens (including phenoxy) is 1. The van der Waals surface area contributed by atoms with Crippen LogP contribution in [0.3, 0.4) is 0 Å². The van der Waals surface area contributed by atoms with Crippen molar-refractivity contribution in [3.05, 3.63) is 57.5 Å². The van der Waals surface area contributed by atoms with E-state index in [2.05, 4.69) is 4.72 Å². The molecular weight excluding hydrogens is 341 g/mol. The quantitative estimate of drug-likeness (QED) is 0.772. The van der Waals surface area contributed by atoms with Crippen LogP contribution in [0.15, 0.2) is 36.4 Å². The first-order valence-electron chi connectivity index (χ1n) is 6.79. The maximum absolute atomic E-state index is 13.4. The number of benzene rings is 1. The molecular formula is C15H16FNO4S2. The van der Waals surface area contributed by atoms with Gasteiger partial charge in [-0.25, -0.2) is 22.3 Å². The van der Waals surface area contributed by atoms with Crippen LogP contribution in [-0.2, 0) is 27.8 Å². The second kappa shape index (κ2) is 7.67. The zero-order chi connectivity index (χ0) is 16.9. The highest BCUT2D eigenvalue weighted by Gasteiger charge is 2.12. The smallest absolute Gasteiger partial charge is 0.348 e. The molecule has 0 fully saturated rings. The minimum absolute atomic E-state index is 0.131. The number of thiophene rings is 1. The predicted octanol–water partition coefficient (Wildman–Crippen LogP) is 2.34. The number of sulfonamides is 1. The van der Waals surface area contributed by atoms with Gasteiger partial charge < -0.3 is 4.74 Å². The van der Waals surface area contributed by atoms with E-state index in [9.17, 15) is 17.6 Å². The Kier molecular flexibility index (Phi) is 5.86. The Morgan fingerprint density at radius 2 is 2.00 bits per heavy atom. The molecule has 0 saturated carbocycles. The molecule has 0 unspecified atom stereocenters. The number of halogens is 1. The van der Waals surface area contributed by atoms with Gasteiger partial charge in [-0.2, -0.15) is 0 Å². The third kappa shape index (κ3) is 5.74. The lowest BCUT2D eigenvalue weighted by Crippen LogP contribution is -2.23. The molecule has 0 radical (unpaired) electrons. The van der Waals surface area contributed by atoms with Gasteiger partial charge in [-0.1, -0.05) is 18.2 Å². The first-order chi connectivity index (χ1) is 10.8. The normalized spacial score (nSPS) is 11.4. The topological polar surface area (TPSA) is 72.5 Å². The predicted molar refractivity (Wildman–Crippen MR) is 86.4 cm³/mol. The Labute approximate surface area is 138 Å². The van der Waals surface area contributed by atoms with Gasteiger partial charge in [-0.05, 0) is 24.6 Å². The molecule has 0 amide bonds. The molecule has 0 aliphatic rings. The lowest BCUT2D eigenvalue weighted by Gasteiger charge is -2.04. The zero-order valence-corrected chi connectivity index (χ0v) is 14.0. The summed E-state index contributed by atoms with van der Waals surface area (Å²) in [5.41, 5.74) is 0.315. The highest BCUT2D eigenvalue weighted by molar-refractivity contribution is 7.88. The van der Waals surface area contributed by atoms with Crippen LogP contribution in [0.25, 0.3) is 0 Å². The molecule has 1 N–H and O–H groups in total. The van der Waals surface area contributed by atoms with Crippen molar-refractivity contribution in [2.45, 2.75) is 13.0 Å². The fraction of sp³-hybridized carbons (Fsp3) is 0.267. The number of hydrogen-bond acceptors (Lipinski definition) is 5. The van der Waals surface area contributed by atoms with E-state index in [-0.39, 0.29) is 13.2 Å². The summed E-state index contributed by atoms with van der Waals surface area (Å²) in [5, 5.41) is 0. The standard InChI is InChI=1S/C15H16FNO4S2/c1-23(19,20)17-9-8-12-6-7-14(22-12)15(18)21-10-11-4-2-3-5-13(11)16/h2-7,17H,8-10H2,1H3. The van der Waals surface area contributed by atoms with Crippen LogP contribution >= 0.6 is 11.3 Å². The molecule has 23 heavy (non-hydrogen) atoms. The SMILES string of the molecule is CS(=O)(=O)NCCc1ccc(C(=O)OCc2ccccc2F)s1. The molecule has 8 heteroatoms. The summed E-state index contributed by atoms with van der Waals surface area (Å²) in [6.45, 7) is 0.136. The Morgan fingerprint density at radius 1 is 1.26 bits per heavy atom. The zero-order valence-electron chi connectivity index (χ0n) is 12.4. The molecule has 0 aliphatic heterocycles. The maximum atomic E-state index is 13.4. The summed E-state index contributed by atoms with van der Waals surface area (Å²) in [6, 6.07) is 9.46. The van der Waals surface area contributed by atoms with Gasteiger partial charge in [0.25, 0.3) is 0 Å². The van der Waals surface area contributed by atoms with Crippen molar-refractivity contribution < 1.29 is 22.3 Å². The van der Waals surface area contributed by atoms with Gasteiger partial charge in [-0.15, -0.1) is 11.3 Å². The van der Waals surface area contributed by atoms with Gasteiger partial charge in [0.2, 0.25) is 10.0 Å². The van der Waals surface area contributed by atoms with Crippen LogP contribution in [0.4, 0.5) is 4.39 Å². The van der Waals surface area contributed by atoms with Gasteiger partial charge in [-0.3, -0.25) is 0 Å². The Morgan fingerprint density at radius 3 is 2.70 bits per heavy atom. The summed E-state index contributed by atoms with van der Waals surface area (Å²) in [5.74, 6) is -0.945. The van der Waals surface area contributed by atoms with E-state index < -0.39 is 21.8 Å². The van der Waals surface area contributed by atoms with Crippen molar-refractivity contribution in [1.82, 2.24) is 4.72 Å². The number of carbonyl (C=O) groups excluding carboxylic acids is 1. The number of hydrogen-bond donors (Lipinski definition) is 1. The fourth-order valence-corrected chi connectivity index (χ4v) is 3.19. The van der Waals surface area contributed by atoms with Crippen molar-refractivity contribution >= 4 is 27.3 Å². The van der Waals surface area contributed by atoms with E-state index in [1.807, 2.05) is 0 Å². The van der Waals surface area contributed by atoms with Gasteiger partial charge in [0.15, 0.2) is 0 Å². The molecule has 0 saturated heterocycles. The minimum Gasteiger partial charge on any atom is -0.457 e. The second-order valence-electron chi connectivity index (χ2n) is 4.85. The summed E-state index contributed by atoms with van der Waals surface area (Å²) in [6.07, 6.45) is 1.57. The van der Waals surface area contributed by atoms with Gasteiger partial charge in [0.1, 0.15) is 17.3 Å². The third-order valence-corrected chi connectivity index (χ3v) is 4.77. The van der Waals surface area contributed by atoms with E-state index in [1.54, 1.807) is 30.3 Å². The van der Waals surface area contributed by atoms with Crippen molar-refractivity contribution in [3.8, 4) is 0 Å². The first kappa shape index (κ1) is 17.6. The van der Waals surface area contributed by atoms with Crippen molar-refractivity contribution in [2.24, 2.45) is 0 Å². The molecule has 0 spiro atoms. The number of carbonyl (C=O) groups is 1. The number of nitrogens with one attached hydrogen (secondary N) is 1. The minimum atomic E-state index is -3.22. The highest BCUT2D eigenvalue weighted by Crippen LogP contribution is 2.19. The van der Waals surface area contributed by atoms with Gasteiger partial charge in [0.05, 0.1) is 6.26 Å². The third-order valence-electron chi connectivity index (χ3n) is 2.92. The molecule has 5 nitrogen and oxygen atoms in total. The van der Waals surface area contributed by atoms with E-state index in [0.29, 0.717) is 16.9 Å². The van der Waals surface area contributed by atoms with E-state index in [0.717, 1.165) is 11.1 Å². The van der Waals surface area contributed by atoms with E-state index >= 15 is 0 Å². The molecule has 2 rings (SSSR count). The van der Waals surface area contributed by atoms with Crippen LogP contribution in [-0.4, -0.2) is 27.2 Å². The summed E-state index contributed by atoms with van der Waals surface area (Å²) in [7, 11) is -3.22. The van der Waals surface area contributed by atoms with Crippen molar-refractivity contribution in [3.63, 3.8) is 0 Å². The Balaban J connectivity index is 1.87. The molecule has 2 aromatic rings. The molecule has 1 heterocycles. The van der Waals surface area contributed by atoms with Crippen LogP contribution < -0.4 is 4.72 Å². The molecule has 0 bridgehead atoms. The summed E-state index contributed by atoms with van der Waals surface area (Å²) in [4.78, 5) is 13.2. The van der Waals surface area contributed by atoms with E-state index in [1.165, 1.54) is 17.4 Å². The lowest BCUT2D eigenvalue weighted by molar-refractivity contribution is 0.0475. The van der Waals surface area contributed by atoms with Crippen molar-refractivity contribution in [2.75, 3.05) is 12.8 Å². The lowest BCUT2D eigenvalue weighted by atomic mass is 10.2. The van der Waals surface area contributed by atoms with Crippen LogP contribution in [0.2, 0.25) is 0 Å². The first-order valence-corrected chi connectivity index (χ1v) is 9.50. The average Bonchev–Trinajstić information content (AvgIpc) is 2.94. The Bertz CT molecular complexity index is 786. The van der Waals surface area contributed by atoms with Crippen LogP contribution in [0.5, 0.6) is 0 Å². The average molecular weight is 357 g/mol. The van der Waals surface area contributed by atoms with E-state index in [4.69, 9.17) is 4.74 Å². The maximum Gasteiger partial charge on any atom is 0.348 e. The molecule has 1 aromatic heterocycles.